The smallest absolute Gasteiger partial charge is 0.362 e. The van der Waals surface area contributed by atoms with Crippen molar-refractivity contribution in [3.8, 4) is 0 Å². The predicted octanol–water partition coefficient (Wildman–Crippen LogP) is 5.48. The molecule has 3 unspecified atom stereocenters. The van der Waals surface area contributed by atoms with Gasteiger partial charge in [-0.3, -0.25) is 4.48 Å². The van der Waals surface area contributed by atoms with Gasteiger partial charge in [-0.15, -0.1) is 0 Å². The molecule has 0 aromatic carbocycles. The van der Waals surface area contributed by atoms with E-state index in [1.165, 1.54) is 0 Å². The third-order valence-corrected chi connectivity index (χ3v) is 6.32. The standard InChI is InChI=1S/C25H45NO6/c1-5-9-10-11-12-13-14-15-19-26(20(16-6-2)23(27)28,21(17-7-3)24(29)30)22(18-8-4)25(31)32/h10-11,20-22H,5-9,12-19H2,1-4H3,(H2-,27,28,29,30,31,32)/p+1/b11-10+. The summed E-state index contributed by atoms with van der Waals surface area (Å²) < 4.78 is -0.388. The SMILES string of the molecule is CCC/C=C/CCCCC[N+](C(CCC)C(=O)O)(C(CCC)C(=O)O)C(CCC)C(=O)O. The summed E-state index contributed by atoms with van der Waals surface area (Å²) in [5.41, 5.74) is 0. The van der Waals surface area contributed by atoms with Crippen molar-refractivity contribution in [2.75, 3.05) is 6.54 Å². The highest BCUT2D eigenvalue weighted by molar-refractivity contribution is 5.78. The monoisotopic (exact) mass is 456 g/mol. The van der Waals surface area contributed by atoms with Crippen LogP contribution in [0.25, 0.3) is 0 Å². The highest BCUT2D eigenvalue weighted by Gasteiger charge is 2.56. The van der Waals surface area contributed by atoms with E-state index in [9.17, 15) is 29.7 Å². The van der Waals surface area contributed by atoms with Crippen molar-refractivity contribution < 1.29 is 34.2 Å². The van der Waals surface area contributed by atoms with Crippen LogP contribution >= 0.6 is 0 Å². The molecule has 0 aliphatic heterocycles. The van der Waals surface area contributed by atoms with Crippen LogP contribution in [0.15, 0.2) is 12.2 Å². The molecular formula is C25H46NO6+. The normalized spacial score (nSPS) is 16.4. The first-order valence-electron chi connectivity index (χ1n) is 12.4. The number of aliphatic carboxylic acids is 3. The molecule has 3 atom stereocenters. The Bertz CT molecular complexity index is 529. The van der Waals surface area contributed by atoms with Crippen LogP contribution in [0.1, 0.15) is 105 Å². The van der Waals surface area contributed by atoms with Crippen LogP contribution in [-0.4, -0.2) is 62.4 Å². The van der Waals surface area contributed by atoms with E-state index in [4.69, 9.17) is 0 Å². The first-order valence-corrected chi connectivity index (χ1v) is 12.4. The van der Waals surface area contributed by atoms with E-state index in [1.54, 1.807) is 0 Å². The van der Waals surface area contributed by atoms with Crippen molar-refractivity contribution in [3.63, 3.8) is 0 Å². The molecule has 0 saturated carbocycles. The molecule has 3 N–H and O–H groups in total. The summed E-state index contributed by atoms with van der Waals surface area (Å²) in [6, 6.07) is -3.15. The summed E-state index contributed by atoms with van der Waals surface area (Å²) in [4.78, 5) is 37.3. The molecule has 0 radical (unpaired) electrons. The summed E-state index contributed by atoms with van der Waals surface area (Å²) in [6.45, 7) is 7.96. The van der Waals surface area contributed by atoms with Gasteiger partial charge in [0.15, 0.2) is 18.1 Å². The highest BCUT2D eigenvalue weighted by atomic mass is 16.4. The van der Waals surface area contributed by atoms with E-state index in [2.05, 4.69) is 19.1 Å². The van der Waals surface area contributed by atoms with Crippen molar-refractivity contribution in [2.24, 2.45) is 0 Å². The third kappa shape index (κ3) is 8.93. The predicted molar refractivity (Wildman–Crippen MR) is 127 cm³/mol. The largest absolute Gasteiger partial charge is 0.477 e. The van der Waals surface area contributed by atoms with Gasteiger partial charge in [0, 0.05) is 19.3 Å². The first-order chi connectivity index (χ1) is 15.2. The van der Waals surface area contributed by atoms with Crippen molar-refractivity contribution in [1.82, 2.24) is 0 Å². The van der Waals surface area contributed by atoms with Crippen molar-refractivity contribution >= 4 is 17.9 Å². The zero-order valence-electron chi connectivity index (χ0n) is 20.6. The minimum Gasteiger partial charge on any atom is -0.477 e. The second-order valence-corrected chi connectivity index (χ2v) is 8.76. The minimum absolute atomic E-state index is 0.254. The summed E-state index contributed by atoms with van der Waals surface area (Å²) >= 11 is 0. The van der Waals surface area contributed by atoms with Gasteiger partial charge in [-0.25, -0.2) is 14.4 Å². The number of carboxylic acid groups (broad SMARTS) is 3. The average Bonchev–Trinajstić information content (AvgIpc) is 2.73. The van der Waals surface area contributed by atoms with E-state index in [-0.39, 0.29) is 30.3 Å². The molecule has 186 valence electrons. The fourth-order valence-corrected chi connectivity index (χ4v) is 4.87. The molecule has 0 aliphatic carbocycles. The third-order valence-electron chi connectivity index (χ3n) is 6.32. The molecule has 0 fully saturated rings. The van der Waals surface area contributed by atoms with E-state index in [1.807, 2.05) is 20.8 Å². The average molecular weight is 457 g/mol. The minimum atomic E-state index is -1.10. The van der Waals surface area contributed by atoms with Gasteiger partial charge >= 0.3 is 17.9 Å². The number of carbonyl (C=O) groups is 3. The number of nitrogens with zero attached hydrogens (tertiary/aromatic N) is 1. The van der Waals surface area contributed by atoms with E-state index in [0.717, 1.165) is 32.1 Å². The Hall–Kier alpha value is -1.89. The maximum absolute atomic E-state index is 12.4. The lowest BCUT2D eigenvalue weighted by molar-refractivity contribution is -0.973. The zero-order chi connectivity index (χ0) is 24.6. The van der Waals surface area contributed by atoms with Crippen LogP contribution in [0.4, 0.5) is 0 Å². The molecule has 0 rings (SSSR count). The molecule has 0 aliphatic rings. The van der Waals surface area contributed by atoms with E-state index < -0.39 is 36.0 Å². The van der Waals surface area contributed by atoms with Crippen LogP contribution in [-0.2, 0) is 14.4 Å². The number of carboxylic acids is 3. The molecule has 0 aromatic rings. The summed E-state index contributed by atoms with van der Waals surface area (Å²) in [7, 11) is 0. The fourth-order valence-electron chi connectivity index (χ4n) is 4.87. The topological polar surface area (TPSA) is 112 Å². The molecule has 32 heavy (non-hydrogen) atoms. The number of rotatable bonds is 20. The van der Waals surface area contributed by atoms with Gasteiger partial charge < -0.3 is 15.3 Å². The lowest BCUT2D eigenvalue weighted by Gasteiger charge is -2.50. The number of allylic oxidation sites excluding steroid dienone is 2. The summed E-state index contributed by atoms with van der Waals surface area (Å²) in [6.07, 6.45) is 12.2. The van der Waals surface area contributed by atoms with E-state index >= 15 is 0 Å². The maximum Gasteiger partial charge on any atom is 0.362 e. The van der Waals surface area contributed by atoms with Gasteiger partial charge in [0.1, 0.15) is 0 Å². The Morgan fingerprint density at radius 3 is 1.38 bits per heavy atom. The highest BCUT2D eigenvalue weighted by Crippen LogP contribution is 2.34. The fraction of sp³-hybridized carbons (Fsp3) is 0.800. The maximum atomic E-state index is 12.4. The van der Waals surface area contributed by atoms with Gasteiger partial charge in [0.05, 0.1) is 6.54 Å². The van der Waals surface area contributed by atoms with Crippen molar-refractivity contribution in [3.05, 3.63) is 12.2 Å². The molecule has 7 nitrogen and oxygen atoms in total. The van der Waals surface area contributed by atoms with Crippen LogP contribution in [0.3, 0.4) is 0 Å². The van der Waals surface area contributed by atoms with Gasteiger partial charge in [0.2, 0.25) is 0 Å². The Balaban J connectivity index is 6.19. The summed E-state index contributed by atoms with van der Waals surface area (Å²) in [5, 5.41) is 30.5. The summed E-state index contributed by atoms with van der Waals surface area (Å²) in [5.74, 6) is -3.29. The molecule has 0 saturated heterocycles. The molecule has 0 amide bonds. The molecule has 0 aromatic heterocycles. The van der Waals surface area contributed by atoms with Crippen LogP contribution in [0.2, 0.25) is 0 Å². The molecule has 0 bridgehead atoms. The van der Waals surface area contributed by atoms with Gasteiger partial charge in [-0.05, 0) is 51.4 Å². The molecule has 0 spiro atoms. The van der Waals surface area contributed by atoms with Gasteiger partial charge in [0.25, 0.3) is 0 Å². The Morgan fingerprint density at radius 1 is 0.625 bits per heavy atom. The molecule has 0 heterocycles. The number of unbranched alkanes of at least 4 members (excludes halogenated alkanes) is 4. The Labute approximate surface area is 194 Å². The second-order valence-electron chi connectivity index (χ2n) is 8.76. The second kappa shape index (κ2) is 16.7. The first kappa shape index (κ1) is 30.1. The van der Waals surface area contributed by atoms with Gasteiger partial charge in [-0.1, -0.05) is 46.3 Å². The Kier molecular flexibility index (Phi) is 15.7. The quantitative estimate of drug-likeness (QED) is 0.127. The number of hydrogen-bond acceptors (Lipinski definition) is 3. The van der Waals surface area contributed by atoms with Crippen molar-refractivity contribution in [2.45, 2.75) is 123 Å². The van der Waals surface area contributed by atoms with Crippen LogP contribution < -0.4 is 0 Å². The lowest BCUT2D eigenvalue weighted by Crippen LogP contribution is -2.72. The zero-order valence-corrected chi connectivity index (χ0v) is 20.6. The molecule has 7 heteroatoms. The van der Waals surface area contributed by atoms with Crippen LogP contribution in [0.5, 0.6) is 0 Å². The van der Waals surface area contributed by atoms with Crippen molar-refractivity contribution in [1.29, 1.82) is 0 Å². The van der Waals surface area contributed by atoms with Gasteiger partial charge in [-0.2, -0.15) is 0 Å². The number of quaternary nitrogens is 1. The Morgan fingerprint density at radius 2 is 1.03 bits per heavy atom. The van der Waals surface area contributed by atoms with Crippen LogP contribution in [0, 0.1) is 0 Å². The molecular weight excluding hydrogens is 410 g/mol. The lowest BCUT2D eigenvalue weighted by atomic mass is 9.91. The van der Waals surface area contributed by atoms with E-state index in [0.29, 0.717) is 25.7 Å². The number of hydrogen-bond donors (Lipinski definition) is 3.